The lowest BCUT2D eigenvalue weighted by molar-refractivity contribution is 0.1000. The van der Waals surface area contributed by atoms with Crippen molar-refractivity contribution in [3.8, 4) is 22.3 Å². The zero-order valence-electron chi connectivity index (χ0n) is 15.9. The van der Waals surface area contributed by atoms with Crippen LogP contribution in [0.15, 0.2) is 70.9 Å². The lowest BCUT2D eigenvalue weighted by Gasteiger charge is -2.11. The summed E-state index contributed by atoms with van der Waals surface area (Å²) in [5.41, 5.74) is 13.0. The van der Waals surface area contributed by atoms with Gasteiger partial charge in [0, 0.05) is 5.56 Å². The quantitative estimate of drug-likeness (QED) is 0.573. The average Bonchev–Trinajstić information content (AvgIpc) is 2.67. The summed E-state index contributed by atoms with van der Waals surface area (Å²) in [6, 6.07) is 20.4. The Kier molecular flexibility index (Phi) is 5.46. The summed E-state index contributed by atoms with van der Waals surface area (Å²) in [5, 5.41) is 8.32. The molecule has 0 fully saturated rings. The highest BCUT2D eigenvalue weighted by atomic mass is 16.1. The minimum atomic E-state index is -0.459. The molecule has 0 unspecified atom stereocenters. The number of benzene rings is 3. The third kappa shape index (κ3) is 3.95. The Morgan fingerprint density at radius 2 is 1.59 bits per heavy atom. The highest BCUT2D eigenvalue weighted by Gasteiger charge is 2.13. The maximum atomic E-state index is 11.9. The van der Waals surface area contributed by atoms with Crippen LogP contribution in [-0.4, -0.2) is 12.5 Å². The van der Waals surface area contributed by atoms with Crippen LogP contribution in [0.5, 0.6) is 0 Å². The van der Waals surface area contributed by atoms with Gasteiger partial charge in [-0.2, -0.15) is 10.2 Å². The van der Waals surface area contributed by atoms with Gasteiger partial charge in [-0.05, 0) is 66.3 Å². The molecule has 3 aromatic rings. The minimum absolute atomic E-state index is 0.459. The van der Waals surface area contributed by atoms with Gasteiger partial charge in [0.1, 0.15) is 0 Å². The number of amides is 1. The van der Waals surface area contributed by atoms with Crippen LogP contribution < -0.4 is 5.73 Å². The van der Waals surface area contributed by atoms with Crippen molar-refractivity contribution in [1.29, 1.82) is 0 Å². The summed E-state index contributed by atoms with van der Waals surface area (Å²) in [4.78, 5) is 11.9. The second kappa shape index (κ2) is 7.96. The molecular weight excluding hydrogens is 334 g/mol. The van der Waals surface area contributed by atoms with E-state index in [-0.39, 0.29) is 0 Å². The van der Waals surface area contributed by atoms with E-state index in [0.717, 1.165) is 22.3 Å². The summed E-state index contributed by atoms with van der Waals surface area (Å²) < 4.78 is 0. The Bertz CT molecular complexity index is 1000. The maximum Gasteiger partial charge on any atom is 0.249 e. The normalized spacial score (nSPS) is 11.1. The van der Waals surface area contributed by atoms with Crippen molar-refractivity contribution in [3.05, 3.63) is 77.4 Å². The topological polar surface area (TPSA) is 67.8 Å². The molecule has 3 rings (SSSR count). The fraction of sp³-hybridized carbons (Fsp3) is 0.174. The number of nitrogens with two attached hydrogens (primary N) is 1. The number of rotatable bonds is 5. The van der Waals surface area contributed by atoms with Gasteiger partial charge in [0.25, 0.3) is 0 Å². The smallest absolute Gasteiger partial charge is 0.249 e. The van der Waals surface area contributed by atoms with E-state index in [1.807, 2.05) is 38.1 Å². The molecule has 27 heavy (non-hydrogen) atoms. The lowest BCUT2D eigenvalue weighted by Crippen LogP contribution is -2.12. The van der Waals surface area contributed by atoms with Crippen LogP contribution >= 0.6 is 0 Å². The van der Waals surface area contributed by atoms with Gasteiger partial charge in [0.05, 0.1) is 12.2 Å². The van der Waals surface area contributed by atoms with E-state index in [2.05, 4.69) is 53.6 Å². The number of azo groups is 1. The number of hydrogen-bond acceptors (Lipinski definition) is 3. The second-order valence-electron chi connectivity index (χ2n) is 6.48. The molecule has 0 heterocycles. The van der Waals surface area contributed by atoms with Gasteiger partial charge in [-0.25, -0.2) is 0 Å². The number of aryl methyl sites for hydroxylation is 1. The van der Waals surface area contributed by atoms with Gasteiger partial charge >= 0.3 is 0 Å². The van der Waals surface area contributed by atoms with E-state index in [1.54, 1.807) is 0 Å². The molecule has 0 saturated carbocycles. The molecular formula is C23H23N3O. The number of carbonyl (C=O) groups is 1. The first-order valence-corrected chi connectivity index (χ1v) is 8.99. The molecule has 0 aromatic heterocycles. The van der Waals surface area contributed by atoms with Crippen molar-refractivity contribution in [2.75, 3.05) is 6.54 Å². The van der Waals surface area contributed by atoms with Crippen LogP contribution in [-0.2, 0) is 0 Å². The standard InChI is InChI=1S/C23H23N3O/c1-4-25-26-22-14-19(13-21(16(22)3)23(24)27)17-9-11-18(12-10-17)20-8-6-5-7-15(20)2/h5-14H,4H2,1-3H3,(H2,24,27). The molecule has 3 aromatic carbocycles. The minimum Gasteiger partial charge on any atom is -0.366 e. The number of hydrogen-bond donors (Lipinski definition) is 1. The van der Waals surface area contributed by atoms with Crippen LogP contribution in [0.3, 0.4) is 0 Å². The predicted molar refractivity (Wildman–Crippen MR) is 110 cm³/mol. The van der Waals surface area contributed by atoms with Gasteiger partial charge in [-0.1, -0.05) is 48.5 Å². The lowest BCUT2D eigenvalue weighted by atomic mass is 9.95. The van der Waals surface area contributed by atoms with E-state index >= 15 is 0 Å². The van der Waals surface area contributed by atoms with Gasteiger partial charge in [-0.3, -0.25) is 4.79 Å². The molecule has 136 valence electrons. The molecule has 4 heteroatoms. The van der Waals surface area contributed by atoms with E-state index in [4.69, 9.17) is 5.73 Å². The molecule has 1 amide bonds. The summed E-state index contributed by atoms with van der Waals surface area (Å²) in [6.45, 7) is 6.45. The van der Waals surface area contributed by atoms with Crippen molar-refractivity contribution in [2.45, 2.75) is 20.8 Å². The van der Waals surface area contributed by atoms with Crippen molar-refractivity contribution in [3.63, 3.8) is 0 Å². The SMILES string of the molecule is CCN=Nc1cc(-c2ccc(-c3ccccc3C)cc2)cc(C(N)=O)c1C. The third-order valence-corrected chi connectivity index (χ3v) is 4.64. The van der Waals surface area contributed by atoms with Crippen molar-refractivity contribution >= 4 is 11.6 Å². The van der Waals surface area contributed by atoms with Crippen LogP contribution in [0.2, 0.25) is 0 Å². The zero-order valence-corrected chi connectivity index (χ0v) is 15.9. The van der Waals surface area contributed by atoms with Gasteiger partial charge in [-0.15, -0.1) is 0 Å². The number of nitrogens with zero attached hydrogens (tertiary/aromatic N) is 2. The zero-order chi connectivity index (χ0) is 19.4. The largest absolute Gasteiger partial charge is 0.366 e. The highest BCUT2D eigenvalue weighted by molar-refractivity contribution is 5.97. The van der Waals surface area contributed by atoms with Crippen LogP contribution in [0, 0.1) is 13.8 Å². The molecule has 4 nitrogen and oxygen atoms in total. The summed E-state index contributed by atoms with van der Waals surface area (Å²) in [5.74, 6) is -0.459. The first-order valence-electron chi connectivity index (χ1n) is 8.99. The highest BCUT2D eigenvalue weighted by Crippen LogP contribution is 2.32. The molecule has 0 radical (unpaired) electrons. The van der Waals surface area contributed by atoms with E-state index < -0.39 is 5.91 Å². The fourth-order valence-electron chi connectivity index (χ4n) is 3.11. The Hall–Kier alpha value is -3.27. The monoisotopic (exact) mass is 357 g/mol. The van der Waals surface area contributed by atoms with Gasteiger partial charge < -0.3 is 5.73 Å². The molecule has 2 N–H and O–H groups in total. The molecule has 0 atom stereocenters. The molecule has 0 aliphatic carbocycles. The Morgan fingerprint density at radius 3 is 2.22 bits per heavy atom. The van der Waals surface area contributed by atoms with Gasteiger partial charge in [0.2, 0.25) is 5.91 Å². The molecule has 0 saturated heterocycles. The Labute approximate surface area is 159 Å². The Morgan fingerprint density at radius 1 is 0.926 bits per heavy atom. The van der Waals surface area contributed by atoms with Crippen molar-refractivity contribution in [1.82, 2.24) is 0 Å². The second-order valence-corrected chi connectivity index (χ2v) is 6.48. The first-order chi connectivity index (χ1) is 13.0. The molecule has 0 aliphatic heterocycles. The third-order valence-electron chi connectivity index (χ3n) is 4.64. The summed E-state index contributed by atoms with van der Waals surface area (Å²) >= 11 is 0. The van der Waals surface area contributed by atoms with E-state index in [1.165, 1.54) is 11.1 Å². The average molecular weight is 357 g/mol. The molecule has 0 aliphatic rings. The number of carbonyl (C=O) groups excluding carboxylic acids is 1. The van der Waals surface area contributed by atoms with Crippen LogP contribution in [0.1, 0.15) is 28.4 Å². The number of primary amides is 1. The van der Waals surface area contributed by atoms with E-state index in [0.29, 0.717) is 17.8 Å². The summed E-state index contributed by atoms with van der Waals surface area (Å²) in [7, 11) is 0. The van der Waals surface area contributed by atoms with Crippen LogP contribution in [0.25, 0.3) is 22.3 Å². The fourth-order valence-corrected chi connectivity index (χ4v) is 3.11. The molecule has 0 spiro atoms. The Balaban J connectivity index is 2.05. The van der Waals surface area contributed by atoms with E-state index in [9.17, 15) is 4.79 Å². The van der Waals surface area contributed by atoms with Gasteiger partial charge in [0.15, 0.2) is 0 Å². The van der Waals surface area contributed by atoms with Crippen LogP contribution in [0.4, 0.5) is 5.69 Å². The maximum absolute atomic E-state index is 11.9. The predicted octanol–water partition coefficient (Wildman–Crippen LogP) is 5.84. The molecule has 0 bridgehead atoms. The van der Waals surface area contributed by atoms with Crippen molar-refractivity contribution < 1.29 is 4.79 Å². The van der Waals surface area contributed by atoms with Crippen molar-refractivity contribution in [2.24, 2.45) is 16.0 Å². The summed E-state index contributed by atoms with van der Waals surface area (Å²) in [6.07, 6.45) is 0. The first kappa shape index (κ1) is 18.5.